The predicted molar refractivity (Wildman–Crippen MR) is 290 cm³/mol. The van der Waals surface area contributed by atoms with E-state index in [0.29, 0.717) is 0 Å². The van der Waals surface area contributed by atoms with Gasteiger partial charge in [0.15, 0.2) is 0 Å². The second-order valence-corrected chi connectivity index (χ2v) is 17.7. The first-order valence-electron chi connectivity index (χ1n) is 23.6. The van der Waals surface area contributed by atoms with Crippen molar-refractivity contribution in [2.24, 2.45) is 0 Å². The highest BCUT2D eigenvalue weighted by molar-refractivity contribution is 6.12. The lowest BCUT2D eigenvalue weighted by atomic mass is 9.97. The molecule has 13 aromatic rings. The minimum absolute atomic E-state index is 0.907. The standard InChI is InChI=1S/C66H44N2O/c1-2-12-45(13-3-1)46-24-26-47(27-25-46)49-32-38-54(39-33-49)67(55-40-34-50(35-41-55)48-28-30-52(31-29-48)58-19-11-23-65-66(58)61-18-6-9-22-64(61)69-65)56-42-36-51(37-43-56)53-14-10-15-57(44-53)68-62-20-7-4-16-59(62)60-17-5-8-21-63(60)68/h1-44H. The normalized spacial score (nSPS) is 11.5. The van der Waals surface area contributed by atoms with E-state index in [4.69, 9.17) is 4.42 Å². The van der Waals surface area contributed by atoms with Crippen molar-refractivity contribution < 1.29 is 4.42 Å². The zero-order valence-corrected chi connectivity index (χ0v) is 37.7. The van der Waals surface area contributed by atoms with Crippen molar-refractivity contribution in [3.05, 3.63) is 267 Å². The SMILES string of the molecule is c1ccc(-c2ccc(-c3ccc(N(c4ccc(-c5ccc(-c6cccc7oc8ccccc8c67)cc5)cc4)c4ccc(-c5cccc(-n6c7ccccc7c7ccccc76)c5)cc4)cc3)cc2)cc1. The lowest BCUT2D eigenvalue weighted by Gasteiger charge is -2.26. The molecule has 0 bridgehead atoms. The molecule has 0 amide bonds. The van der Waals surface area contributed by atoms with Crippen molar-refractivity contribution >= 4 is 60.8 Å². The van der Waals surface area contributed by atoms with Crippen molar-refractivity contribution in [1.29, 1.82) is 0 Å². The fourth-order valence-electron chi connectivity index (χ4n) is 10.2. The number of para-hydroxylation sites is 3. The summed E-state index contributed by atoms with van der Waals surface area (Å²) in [5, 5.41) is 4.81. The van der Waals surface area contributed by atoms with E-state index in [2.05, 4.69) is 264 Å². The van der Waals surface area contributed by atoms with E-state index in [0.717, 1.165) is 66.9 Å². The molecule has 0 N–H and O–H groups in total. The summed E-state index contributed by atoms with van der Waals surface area (Å²) >= 11 is 0. The van der Waals surface area contributed by atoms with E-state index in [1.165, 1.54) is 55.2 Å². The molecule has 0 atom stereocenters. The maximum Gasteiger partial charge on any atom is 0.136 e. The fourth-order valence-corrected chi connectivity index (χ4v) is 10.2. The fraction of sp³-hybridized carbons (Fsp3) is 0. The van der Waals surface area contributed by atoms with Gasteiger partial charge in [-0.05, 0) is 128 Å². The van der Waals surface area contributed by atoms with Gasteiger partial charge < -0.3 is 13.9 Å². The van der Waals surface area contributed by atoms with Crippen LogP contribution < -0.4 is 4.90 Å². The van der Waals surface area contributed by atoms with Gasteiger partial charge in [-0.15, -0.1) is 0 Å². The van der Waals surface area contributed by atoms with Crippen molar-refractivity contribution in [2.45, 2.75) is 0 Å². The van der Waals surface area contributed by atoms with Crippen LogP contribution in [0.5, 0.6) is 0 Å². The Morgan fingerprint density at radius 2 is 0.667 bits per heavy atom. The molecule has 13 rings (SSSR count). The molecule has 0 unspecified atom stereocenters. The van der Waals surface area contributed by atoms with E-state index in [1.54, 1.807) is 0 Å². The van der Waals surface area contributed by atoms with Gasteiger partial charge in [0, 0.05) is 44.3 Å². The molecular formula is C66H44N2O. The smallest absolute Gasteiger partial charge is 0.136 e. The number of nitrogens with zero attached hydrogens (tertiary/aromatic N) is 2. The molecule has 0 radical (unpaired) electrons. The molecule has 0 aliphatic carbocycles. The van der Waals surface area contributed by atoms with E-state index in [-0.39, 0.29) is 0 Å². The van der Waals surface area contributed by atoms with Gasteiger partial charge in [-0.2, -0.15) is 0 Å². The highest BCUT2D eigenvalue weighted by atomic mass is 16.3. The first kappa shape index (κ1) is 40.1. The number of anilines is 3. The minimum atomic E-state index is 0.907. The molecule has 11 aromatic carbocycles. The summed E-state index contributed by atoms with van der Waals surface area (Å²) in [6, 6.07) is 96.0. The molecule has 0 aliphatic heterocycles. The summed E-state index contributed by atoms with van der Waals surface area (Å²) in [5.74, 6) is 0. The lowest BCUT2D eigenvalue weighted by molar-refractivity contribution is 0.669. The van der Waals surface area contributed by atoms with Crippen molar-refractivity contribution in [2.75, 3.05) is 4.90 Å². The third kappa shape index (κ3) is 7.25. The van der Waals surface area contributed by atoms with Crippen LogP contribution in [0.1, 0.15) is 0 Å². The second-order valence-electron chi connectivity index (χ2n) is 17.7. The average molecular weight is 881 g/mol. The number of furan rings is 1. The molecule has 3 nitrogen and oxygen atoms in total. The Bertz CT molecular complexity index is 3910. The molecule has 0 fully saturated rings. The predicted octanol–water partition coefficient (Wildman–Crippen LogP) is 18.5. The van der Waals surface area contributed by atoms with Crippen LogP contribution in [0.15, 0.2) is 271 Å². The quantitative estimate of drug-likeness (QED) is 0.144. The Morgan fingerprint density at radius 1 is 0.275 bits per heavy atom. The third-order valence-electron chi connectivity index (χ3n) is 13.7. The maximum atomic E-state index is 6.21. The Hall–Kier alpha value is -9.18. The molecule has 3 heteroatoms. The molecule has 0 saturated carbocycles. The van der Waals surface area contributed by atoms with Gasteiger partial charge >= 0.3 is 0 Å². The van der Waals surface area contributed by atoms with Crippen LogP contribution in [0, 0.1) is 0 Å². The van der Waals surface area contributed by atoms with Crippen LogP contribution in [0.25, 0.3) is 105 Å². The molecule has 324 valence electrons. The number of fused-ring (bicyclic) bond motifs is 6. The molecule has 0 aliphatic rings. The summed E-state index contributed by atoms with van der Waals surface area (Å²) in [4.78, 5) is 2.35. The van der Waals surface area contributed by atoms with Crippen LogP contribution in [-0.4, -0.2) is 4.57 Å². The van der Waals surface area contributed by atoms with Gasteiger partial charge in [0.2, 0.25) is 0 Å². The number of aromatic nitrogens is 1. The summed E-state index contributed by atoms with van der Waals surface area (Å²) < 4.78 is 8.59. The molecular weight excluding hydrogens is 837 g/mol. The van der Waals surface area contributed by atoms with Crippen LogP contribution in [0.4, 0.5) is 17.1 Å². The average Bonchev–Trinajstić information content (AvgIpc) is 3.98. The van der Waals surface area contributed by atoms with Gasteiger partial charge in [-0.1, -0.05) is 194 Å². The Morgan fingerprint density at radius 3 is 1.22 bits per heavy atom. The van der Waals surface area contributed by atoms with E-state index in [9.17, 15) is 0 Å². The summed E-state index contributed by atoms with van der Waals surface area (Å²) in [5.41, 5.74) is 20.4. The number of benzene rings is 11. The first-order valence-corrected chi connectivity index (χ1v) is 23.6. The van der Waals surface area contributed by atoms with Crippen molar-refractivity contribution in [3.63, 3.8) is 0 Å². The van der Waals surface area contributed by atoms with E-state index >= 15 is 0 Å². The highest BCUT2D eigenvalue weighted by Gasteiger charge is 2.17. The molecule has 0 saturated heterocycles. The zero-order valence-electron chi connectivity index (χ0n) is 37.7. The summed E-state index contributed by atoms with van der Waals surface area (Å²) in [6.07, 6.45) is 0. The Kier molecular flexibility index (Phi) is 9.84. The monoisotopic (exact) mass is 880 g/mol. The summed E-state index contributed by atoms with van der Waals surface area (Å²) in [6.45, 7) is 0. The van der Waals surface area contributed by atoms with Crippen LogP contribution >= 0.6 is 0 Å². The zero-order chi connectivity index (χ0) is 45.7. The third-order valence-corrected chi connectivity index (χ3v) is 13.7. The number of hydrogen-bond donors (Lipinski definition) is 0. The first-order chi connectivity index (χ1) is 34.2. The molecule has 69 heavy (non-hydrogen) atoms. The van der Waals surface area contributed by atoms with Gasteiger partial charge in [0.25, 0.3) is 0 Å². The van der Waals surface area contributed by atoms with Crippen LogP contribution in [0.2, 0.25) is 0 Å². The number of rotatable bonds is 9. The largest absolute Gasteiger partial charge is 0.456 e. The Balaban J connectivity index is 0.834. The van der Waals surface area contributed by atoms with Crippen molar-refractivity contribution in [1.82, 2.24) is 4.57 Å². The Labute approximate surface area is 401 Å². The summed E-state index contributed by atoms with van der Waals surface area (Å²) in [7, 11) is 0. The minimum Gasteiger partial charge on any atom is -0.456 e. The molecule has 2 heterocycles. The van der Waals surface area contributed by atoms with Crippen LogP contribution in [0.3, 0.4) is 0 Å². The van der Waals surface area contributed by atoms with E-state index in [1.807, 2.05) is 12.1 Å². The topological polar surface area (TPSA) is 21.3 Å². The molecule has 0 spiro atoms. The molecule has 2 aromatic heterocycles. The highest BCUT2D eigenvalue weighted by Crippen LogP contribution is 2.41. The second kappa shape index (κ2) is 16.9. The number of hydrogen-bond acceptors (Lipinski definition) is 2. The van der Waals surface area contributed by atoms with Gasteiger partial charge in [0.1, 0.15) is 11.2 Å². The van der Waals surface area contributed by atoms with Gasteiger partial charge in [-0.3, -0.25) is 0 Å². The van der Waals surface area contributed by atoms with Gasteiger partial charge in [0.05, 0.1) is 11.0 Å². The maximum absolute atomic E-state index is 6.21. The van der Waals surface area contributed by atoms with Gasteiger partial charge in [-0.25, -0.2) is 0 Å². The lowest BCUT2D eigenvalue weighted by Crippen LogP contribution is -2.09. The van der Waals surface area contributed by atoms with Crippen LogP contribution in [-0.2, 0) is 0 Å². The van der Waals surface area contributed by atoms with Crippen molar-refractivity contribution in [3.8, 4) is 61.3 Å². The van der Waals surface area contributed by atoms with E-state index < -0.39 is 0 Å².